The van der Waals surface area contributed by atoms with E-state index < -0.39 is 34.1 Å². The molecule has 2 N–H and O–H groups in total. The van der Waals surface area contributed by atoms with Gasteiger partial charge in [-0.05, 0) is 18.2 Å². The third kappa shape index (κ3) is 4.25. The van der Waals surface area contributed by atoms with E-state index in [4.69, 9.17) is 4.74 Å². The summed E-state index contributed by atoms with van der Waals surface area (Å²) in [4.78, 5) is 33.8. The van der Waals surface area contributed by atoms with Crippen molar-refractivity contribution in [3.8, 4) is 5.75 Å². The fourth-order valence-corrected chi connectivity index (χ4v) is 1.86. The van der Waals surface area contributed by atoms with Crippen LogP contribution in [0.15, 0.2) is 36.4 Å². The molecule has 130 valence electrons. The Kier molecular flexibility index (Phi) is 5.22. The first-order valence-electron chi connectivity index (χ1n) is 6.71. The van der Waals surface area contributed by atoms with Gasteiger partial charge in [-0.3, -0.25) is 19.7 Å². The van der Waals surface area contributed by atoms with Crippen LogP contribution in [0.4, 0.5) is 25.8 Å². The number of nitro groups is 1. The van der Waals surface area contributed by atoms with Crippen LogP contribution in [0.5, 0.6) is 5.75 Å². The molecule has 2 amide bonds. The van der Waals surface area contributed by atoms with Crippen LogP contribution in [-0.4, -0.2) is 23.8 Å². The number of benzene rings is 2. The molecule has 2 rings (SSSR count). The van der Waals surface area contributed by atoms with Crippen molar-refractivity contribution in [3.05, 3.63) is 58.1 Å². The lowest BCUT2D eigenvalue weighted by atomic mass is 10.2. The fraction of sp³-hybridized carbons (Fsp3) is 0.0667. The predicted molar refractivity (Wildman–Crippen MR) is 83.3 cm³/mol. The third-order valence-corrected chi connectivity index (χ3v) is 3.02. The second kappa shape index (κ2) is 7.34. The quantitative estimate of drug-likeness (QED) is 0.499. The molecule has 0 saturated carbocycles. The Balaban J connectivity index is 2.18. The van der Waals surface area contributed by atoms with Gasteiger partial charge in [0.25, 0.3) is 5.69 Å². The molecule has 0 aliphatic heterocycles. The minimum atomic E-state index is -1.29. The van der Waals surface area contributed by atoms with Crippen molar-refractivity contribution in [2.45, 2.75) is 0 Å². The molecule has 0 unspecified atom stereocenters. The lowest BCUT2D eigenvalue weighted by Crippen LogP contribution is -2.29. The van der Waals surface area contributed by atoms with Crippen molar-refractivity contribution < 1.29 is 28.0 Å². The molecular formula is C15H11F2N3O5. The molecule has 10 heteroatoms. The van der Waals surface area contributed by atoms with Gasteiger partial charge in [0.2, 0.25) is 0 Å². The molecule has 0 aromatic heterocycles. The number of nitrogens with one attached hydrogen (secondary N) is 2. The van der Waals surface area contributed by atoms with Crippen molar-refractivity contribution in [1.82, 2.24) is 0 Å². The third-order valence-electron chi connectivity index (χ3n) is 3.02. The number of hydrogen-bond donors (Lipinski definition) is 2. The lowest BCUT2D eigenvalue weighted by molar-refractivity contribution is -0.384. The number of nitrogens with zero attached hydrogens (tertiary/aromatic N) is 1. The average Bonchev–Trinajstić information content (AvgIpc) is 2.57. The molecule has 8 nitrogen and oxygen atoms in total. The zero-order valence-electron chi connectivity index (χ0n) is 12.7. The number of rotatable bonds is 4. The number of ether oxygens (including phenoxy) is 1. The second-order valence-corrected chi connectivity index (χ2v) is 4.67. The average molecular weight is 351 g/mol. The molecule has 0 saturated heterocycles. The summed E-state index contributed by atoms with van der Waals surface area (Å²) in [7, 11) is 1.26. The Morgan fingerprint density at radius 2 is 1.68 bits per heavy atom. The van der Waals surface area contributed by atoms with E-state index in [9.17, 15) is 28.5 Å². The second-order valence-electron chi connectivity index (χ2n) is 4.67. The molecule has 0 fully saturated rings. The van der Waals surface area contributed by atoms with E-state index in [0.29, 0.717) is 6.07 Å². The molecule has 2 aromatic carbocycles. The van der Waals surface area contributed by atoms with Gasteiger partial charge in [0.05, 0.1) is 23.4 Å². The summed E-state index contributed by atoms with van der Waals surface area (Å²) in [6, 6.07) is 5.71. The number of halogens is 2. The Hall–Kier alpha value is -3.56. The standard InChI is InChI=1S/C15H11F2N3O5/c1-25-13-5-3-9(20(23)24)7-12(13)19-15(22)14(21)18-11-6-8(16)2-4-10(11)17/h2-7H,1H3,(H,18,21)(H,19,22). The summed E-state index contributed by atoms with van der Waals surface area (Å²) in [5.74, 6) is -4.21. The highest BCUT2D eigenvalue weighted by atomic mass is 19.1. The fourth-order valence-electron chi connectivity index (χ4n) is 1.86. The predicted octanol–water partition coefficient (Wildman–Crippen LogP) is 2.46. The SMILES string of the molecule is COc1ccc([N+](=O)[O-])cc1NC(=O)C(=O)Nc1cc(F)ccc1F. The normalized spacial score (nSPS) is 10.0. The molecular weight excluding hydrogens is 340 g/mol. The van der Waals surface area contributed by atoms with Gasteiger partial charge in [0.1, 0.15) is 17.4 Å². The number of anilines is 2. The van der Waals surface area contributed by atoms with Gasteiger partial charge in [-0.15, -0.1) is 0 Å². The van der Waals surface area contributed by atoms with Gasteiger partial charge in [0, 0.05) is 18.2 Å². The van der Waals surface area contributed by atoms with Gasteiger partial charge in [0.15, 0.2) is 0 Å². The minimum Gasteiger partial charge on any atom is -0.495 e. The van der Waals surface area contributed by atoms with E-state index in [1.165, 1.54) is 13.2 Å². The van der Waals surface area contributed by atoms with E-state index in [-0.39, 0.29) is 17.1 Å². The summed E-state index contributed by atoms with van der Waals surface area (Å²) in [5.41, 5.74) is -0.990. The summed E-state index contributed by atoms with van der Waals surface area (Å²) in [6.45, 7) is 0. The number of nitro benzene ring substituents is 1. The molecule has 0 heterocycles. The number of hydrogen-bond acceptors (Lipinski definition) is 5. The maximum Gasteiger partial charge on any atom is 0.314 e. The van der Waals surface area contributed by atoms with Crippen LogP contribution in [0, 0.1) is 21.7 Å². The minimum absolute atomic E-state index is 0.0729. The van der Waals surface area contributed by atoms with Crippen LogP contribution in [0.1, 0.15) is 0 Å². The molecule has 25 heavy (non-hydrogen) atoms. The highest BCUT2D eigenvalue weighted by Crippen LogP contribution is 2.28. The zero-order chi connectivity index (χ0) is 18.6. The number of carbonyl (C=O) groups is 2. The summed E-state index contributed by atoms with van der Waals surface area (Å²) < 4.78 is 31.5. The first-order chi connectivity index (χ1) is 11.8. The highest BCUT2D eigenvalue weighted by molar-refractivity contribution is 6.43. The number of amides is 2. The first-order valence-corrected chi connectivity index (χ1v) is 6.71. The molecule has 0 radical (unpaired) electrons. The maximum absolute atomic E-state index is 13.5. The molecule has 0 aliphatic rings. The van der Waals surface area contributed by atoms with Crippen LogP contribution in [0.25, 0.3) is 0 Å². The first kappa shape index (κ1) is 17.8. The van der Waals surface area contributed by atoms with E-state index in [0.717, 1.165) is 24.3 Å². The van der Waals surface area contributed by atoms with E-state index in [2.05, 4.69) is 5.32 Å². The molecule has 0 aliphatic carbocycles. The molecule has 2 aromatic rings. The van der Waals surface area contributed by atoms with Crippen LogP contribution >= 0.6 is 0 Å². The van der Waals surface area contributed by atoms with Crippen LogP contribution in [0.2, 0.25) is 0 Å². The highest BCUT2D eigenvalue weighted by Gasteiger charge is 2.19. The Labute approximate surface area is 139 Å². The topological polar surface area (TPSA) is 111 Å². The van der Waals surface area contributed by atoms with Crippen molar-refractivity contribution in [2.75, 3.05) is 17.7 Å². The largest absolute Gasteiger partial charge is 0.495 e. The molecule has 0 bridgehead atoms. The number of carbonyl (C=O) groups excluding carboxylic acids is 2. The van der Waals surface area contributed by atoms with Crippen molar-refractivity contribution in [3.63, 3.8) is 0 Å². The van der Waals surface area contributed by atoms with Crippen molar-refractivity contribution in [1.29, 1.82) is 0 Å². The van der Waals surface area contributed by atoms with Gasteiger partial charge in [-0.1, -0.05) is 0 Å². The maximum atomic E-state index is 13.5. The monoisotopic (exact) mass is 351 g/mol. The van der Waals surface area contributed by atoms with Crippen LogP contribution in [-0.2, 0) is 9.59 Å². The van der Waals surface area contributed by atoms with Crippen LogP contribution < -0.4 is 15.4 Å². The summed E-state index contributed by atoms with van der Waals surface area (Å²) in [6.07, 6.45) is 0. The van der Waals surface area contributed by atoms with E-state index in [1.807, 2.05) is 5.32 Å². The van der Waals surface area contributed by atoms with Gasteiger partial charge < -0.3 is 15.4 Å². The Morgan fingerprint density at radius 3 is 2.28 bits per heavy atom. The number of methoxy groups -OCH3 is 1. The van der Waals surface area contributed by atoms with Crippen molar-refractivity contribution >= 4 is 28.9 Å². The molecule has 0 spiro atoms. The van der Waals surface area contributed by atoms with Gasteiger partial charge >= 0.3 is 11.8 Å². The Morgan fingerprint density at radius 1 is 1.04 bits per heavy atom. The summed E-state index contributed by atoms with van der Waals surface area (Å²) >= 11 is 0. The van der Waals surface area contributed by atoms with E-state index >= 15 is 0 Å². The van der Waals surface area contributed by atoms with Crippen molar-refractivity contribution in [2.24, 2.45) is 0 Å². The Bertz CT molecular complexity index is 857. The smallest absolute Gasteiger partial charge is 0.314 e. The number of non-ortho nitro benzene ring substituents is 1. The van der Waals surface area contributed by atoms with Gasteiger partial charge in [-0.2, -0.15) is 0 Å². The zero-order valence-corrected chi connectivity index (χ0v) is 12.7. The van der Waals surface area contributed by atoms with E-state index in [1.54, 1.807) is 0 Å². The van der Waals surface area contributed by atoms with Crippen LogP contribution in [0.3, 0.4) is 0 Å². The lowest BCUT2D eigenvalue weighted by Gasteiger charge is -2.10. The molecule has 0 atom stereocenters. The van der Waals surface area contributed by atoms with Gasteiger partial charge in [-0.25, -0.2) is 8.78 Å². The summed E-state index contributed by atoms with van der Waals surface area (Å²) in [5, 5.41) is 14.8.